The Kier molecular flexibility index (Phi) is 11.0. The van der Waals surface area contributed by atoms with E-state index in [4.69, 9.17) is 23.2 Å². The van der Waals surface area contributed by atoms with Gasteiger partial charge in [0, 0.05) is 31.0 Å². The molecule has 1 atom stereocenters. The predicted octanol–water partition coefficient (Wildman–Crippen LogP) is 5.32. The minimum Gasteiger partial charge on any atom is -0.480 e. The van der Waals surface area contributed by atoms with Crippen LogP contribution in [-0.4, -0.2) is 49.0 Å². The topological polar surface area (TPSA) is 167 Å². The van der Waals surface area contributed by atoms with Crippen LogP contribution in [0.2, 0.25) is 10.0 Å². The maximum absolute atomic E-state index is 13.0. The molecule has 2 aromatic carbocycles. The van der Waals surface area contributed by atoms with E-state index < -0.39 is 34.0 Å². The van der Waals surface area contributed by atoms with E-state index in [0.717, 1.165) is 32.1 Å². The third-order valence-corrected chi connectivity index (χ3v) is 9.10. The Morgan fingerprint density at radius 2 is 1.58 bits per heavy atom. The number of carbonyl (C=O) groups is 3. The Labute approximate surface area is 259 Å². The molecule has 0 radical (unpaired) electrons. The summed E-state index contributed by atoms with van der Waals surface area (Å²) in [4.78, 5) is 41.0. The van der Waals surface area contributed by atoms with Crippen molar-refractivity contribution in [2.45, 2.75) is 49.5 Å². The molecule has 14 heteroatoms. The van der Waals surface area contributed by atoms with Gasteiger partial charge in [-0.25, -0.2) is 22.7 Å². The van der Waals surface area contributed by atoms with Gasteiger partial charge < -0.3 is 21.1 Å². The lowest BCUT2D eigenvalue weighted by Gasteiger charge is -2.22. The SMILES string of the molecule is O=C(Nc1ccccc1S(=O)(=O)NCC1CCCCC1)NC(Cc1ccc(NC(=O)c2c(Cl)cncc2Cl)cc1)C(=O)O. The van der Waals surface area contributed by atoms with Gasteiger partial charge in [0.1, 0.15) is 10.9 Å². The van der Waals surface area contributed by atoms with Crippen molar-refractivity contribution in [3.05, 3.63) is 82.1 Å². The first kappa shape index (κ1) is 32.2. The smallest absolute Gasteiger partial charge is 0.326 e. The molecule has 3 amide bonds. The number of halogens is 2. The summed E-state index contributed by atoms with van der Waals surface area (Å²) in [6.07, 6.45) is 7.76. The summed E-state index contributed by atoms with van der Waals surface area (Å²) in [7, 11) is -3.92. The van der Waals surface area contributed by atoms with Crippen molar-refractivity contribution in [2.24, 2.45) is 5.92 Å². The van der Waals surface area contributed by atoms with Crippen molar-refractivity contribution >= 4 is 62.5 Å². The number of rotatable bonds is 11. The molecular formula is C29H31Cl2N5O6S. The van der Waals surface area contributed by atoms with Gasteiger partial charge in [-0.15, -0.1) is 0 Å². The van der Waals surface area contributed by atoms with Crippen molar-refractivity contribution in [2.75, 3.05) is 17.2 Å². The fourth-order valence-corrected chi connectivity index (χ4v) is 6.61. The van der Waals surface area contributed by atoms with E-state index in [2.05, 4.69) is 25.7 Å². The Balaban J connectivity index is 1.37. The van der Waals surface area contributed by atoms with Crippen LogP contribution in [0, 0.1) is 5.92 Å². The summed E-state index contributed by atoms with van der Waals surface area (Å²) in [5.41, 5.74) is 1.05. The Hall–Kier alpha value is -3.71. The number of nitrogens with zero attached hydrogens (tertiary/aromatic N) is 1. The highest BCUT2D eigenvalue weighted by Gasteiger charge is 2.25. The summed E-state index contributed by atoms with van der Waals surface area (Å²) in [5, 5.41) is 17.4. The van der Waals surface area contributed by atoms with Gasteiger partial charge in [-0.05, 0) is 48.6 Å². The van der Waals surface area contributed by atoms with Crippen molar-refractivity contribution < 1.29 is 27.9 Å². The van der Waals surface area contributed by atoms with Crippen molar-refractivity contribution in [3.8, 4) is 0 Å². The highest BCUT2D eigenvalue weighted by molar-refractivity contribution is 7.89. The molecule has 1 aliphatic carbocycles. The number of para-hydroxylation sites is 1. The van der Waals surface area contributed by atoms with Crippen LogP contribution in [-0.2, 0) is 21.2 Å². The number of urea groups is 1. The van der Waals surface area contributed by atoms with Gasteiger partial charge in [0.05, 0.1) is 21.3 Å². The molecule has 1 aromatic heterocycles. The van der Waals surface area contributed by atoms with Gasteiger partial charge in [0.2, 0.25) is 10.0 Å². The van der Waals surface area contributed by atoms with E-state index in [1.807, 2.05) is 0 Å². The number of hydrogen-bond acceptors (Lipinski definition) is 6. The molecule has 1 saturated carbocycles. The fourth-order valence-electron chi connectivity index (χ4n) is 4.80. The van der Waals surface area contributed by atoms with Crippen LogP contribution < -0.4 is 20.7 Å². The number of nitrogens with one attached hydrogen (secondary N) is 4. The minimum absolute atomic E-state index is 0.0229. The Morgan fingerprint density at radius 1 is 0.930 bits per heavy atom. The highest BCUT2D eigenvalue weighted by Crippen LogP contribution is 2.26. The second kappa shape index (κ2) is 14.6. The zero-order valence-electron chi connectivity index (χ0n) is 23.0. The van der Waals surface area contributed by atoms with E-state index in [9.17, 15) is 27.9 Å². The number of amides is 3. The van der Waals surface area contributed by atoms with Gasteiger partial charge in [0.15, 0.2) is 0 Å². The van der Waals surface area contributed by atoms with Crippen molar-refractivity contribution in [1.29, 1.82) is 0 Å². The van der Waals surface area contributed by atoms with Crippen molar-refractivity contribution in [1.82, 2.24) is 15.0 Å². The largest absolute Gasteiger partial charge is 0.480 e. The number of pyridine rings is 1. The second-order valence-electron chi connectivity index (χ2n) is 10.2. The van der Waals surface area contributed by atoms with Gasteiger partial charge in [-0.1, -0.05) is 66.7 Å². The lowest BCUT2D eigenvalue weighted by atomic mass is 9.90. The molecule has 5 N–H and O–H groups in total. The number of carboxylic acid groups (broad SMARTS) is 1. The fraction of sp³-hybridized carbons (Fsp3) is 0.310. The van der Waals surface area contributed by atoms with E-state index in [0.29, 0.717) is 17.8 Å². The molecule has 0 spiro atoms. The lowest BCUT2D eigenvalue weighted by Crippen LogP contribution is -2.44. The molecule has 1 aliphatic rings. The molecule has 43 heavy (non-hydrogen) atoms. The van der Waals surface area contributed by atoms with Crippen LogP contribution in [0.15, 0.2) is 65.8 Å². The lowest BCUT2D eigenvalue weighted by molar-refractivity contribution is -0.139. The third kappa shape index (κ3) is 8.90. The number of sulfonamides is 1. The number of aliphatic carboxylic acids is 1. The summed E-state index contributed by atoms with van der Waals surface area (Å²) >= 11 is 12.1. The Morgan fingerprint density at radius 3 is 2.23 bits per heavy atom. The summed E-state index contributed by atoms with van der Waals surface area (Å²) in [6.45, 7) is 0.317. The number of hydrogen-bond donors (Lipinski definition) is 5. The standard InChI is InChI=1S/C29H31Cl2N5O6S/c30-21-16-32-17-22(31)26(21)27(37)34-20-12-10-18(11-13-20)14-24(28(38)39)36-29(40)35-23-8-4-5-9-25(23)43(41,42)33-15-19-6-2-1-3-7-19/h4-5,8-13,16-17,19,24,33H,1-3,6-7,14-15H2,(H,34,37)(H,38,39)(H2,35,36,40). The number of carbonyl (C=O) groups excluding carboxylic acids is 2. The maximum atomic E-state index is 13.0. The molecule has 0 aliphatic heterocycles. The summed E-state index contributed by atoms with van der Waals surface area (Å²) in [6, 6.07) is 10.1. The second-order valence-corrected chi connectivity index (χ2v) is 12.7. The maximum Gasteiger partial charge on any atom is 0.326 e. The van der Waals surface area contributed by atoms with Gasteiger partial charge in [-0.2, -0.15) is 0 Å². The summed E-state index contributed by atoms with van der Waals surface area (Å²) in [5.74, 6) is -1.56. The van der Waals surface area contributed by atoms with Gasteiger partial charge in [-0.3, -0.25) is 9.78 Å². The molecule has 228 valence electrons. The molecular weight excluding hydrogens is 617 g/mol. The van der Waals surface area contributed by atoms with Crippen LogP contribution in [0.4, 0.5) is 16.2 Å². The van der Waals surface area contributed by atoms with Crippen LogP contribution in [0.3, 0.4) is 0 Å². The minimum atomic E-state index is -3.92. The number of benzene rings is 2. The molecule has 4 rings (SSSR count). The van der Waals surface area contributed by atoms with E-state index in [1.165, 1.54) is 24.5 Å². The first-order chi connectivity index (χ1) is 20.5. The molecule has 1 unspecified atom stereocenters. The molecule has 11 nitrogen and oxygen atoms in total. The zero-order chi connectivity index (χ0) is 31.0. The van der Waals surface area contributed by atoms with Gasteiger partial charge in [0.25, 0.3) is 5.91 Å². The van der Waals surface area contributed by atoms with Crippen LogP contribution in [0.1, 0.15) is 48.0 Å². The van der Waals surface area contributed by atoms with E-state index in [-0.39, 0.29) is 38.5 Å². The average molecular weight is 649 g/mol. The predicted molar refractivity (Wildman–Crippen MR) is 164 cm³/mol. The monoisotopic (exact) mass is 647 g/mol. The highest BCUT2D eigenvalue weighted by atomic mass is 35.5. The molecule has 1 fully saturated rings. The van der Waals surface area contributed by atoms with Crippen LogP contribution >= 0.6 is 23.2 Å². The van der Waals surface area contributed by atoms with Crippen molar-refractivity contribution in [3.63, 3.8) is 0 Å². The third-order valence-electron chi connectivity index (χ3n) is 7.05. The van der Waals surface area contributed by atoms with Crippen LogP contribution in [0.25, 0.3) is 0 Å². The first-order valence-electron chi connectivity index (χ1n) is 13.6. The van der Waals surface area contributed by atoms with Crippen LogP contribution in [0.5, 0.6) is 0 Å². The molecule has 0 saturated heterocycles. The number of aromatic nitrogens is 1. The number of carboxylic acids is 1. The molecule has 3 aromatic rings. The first-order valence-corrected chi connectivity index (χ1v) is 15.9. The quantitative estimate of drug-likeness (QED) is 0.188. The van der Waals surface area contributed by atoms with E-state index >= 15 is 0 Å². The Bertz CT molecular complexity index is 1560. The zero-order valence-corrected chi connectivity index (χ0v) is 25.3. The van der Waals surface area contributed by atoms with Gasteiger partial charge >= 0.3 is 12.0 Å². The normalized spacial score (nSPS) is 14.5. The molecule has 1 heterocycles. The number of anilines is 2. The molecule has 0 bridgehead atoms. The van der Waals surface area contributed by atoms with E-state index in [1.54, 1.807) is 36.4 Å². The average Bonchev–Trinajstić information content (AvgIpc) is 2.97. The summed E-state index contributed by atoms with van der Waals surface area (Å²) < 4.78 is 28.7.